The van der Waals surface area contributed by atoms with Gasteiger partial charge in [-0.3, -0.25) is 0 Å². The van der Waals surface area contributed by atoms with Gasteiger partial charge < -0.3 is 15.8 Å². The van der Waals surface area contributed by atoms with Crippen LogP contribution in [0.1, 0.15) is 30.5 Å². The summed E-state index contributed by atoms with van der Waals surface area (Å²) in [5, 5.41) is 3.59. The molecule has 0 aliphatic heterocycles. The summed E-state index contributed by atoms with van der Waals surface area (Å²) in [6.45, 7) is 3.14. The Morgan fingerprint density at radius 3 is 2.86 bits per heavy atom. The lowest BCUT2D eigenvalue weighted by Gasteiger charge is -2.20. The lowest BCUT2D eigenvalue weighted by atomic mass is 9.99. The van der Waals surface area contributed by atoms with Crippen molar-refractivity contribution >= 4 is 5.82 Å². The standard InChI is InChI=1S/C17H23N3O/c1-3-8-19-16(10-13-7-9-20-17(18)11-13)14-5-4-6-15(12-14)21-2/h4-7,9,11-12,16,19H,3,8,10H2,1-2H3,(H2,18,20). The summed E-state index contributed by atoms with van der Waals surface area (Å²) >= 11 is 0. The lowest BCUT2D eigenvalue weighted by Crippen LogP contribution is -2.24. The van der Waals surface area contributed by atoms with Crippen molar-refractivity contribution in [3.05, 3.63) is 53.7 Å². The molecule has 1 aromatic heterocycles. The van der Waals surface area contributed by atoms with E-state index in [0.29, 0.717) is 5.82 Å². The van der Waals surface area contributed by atoms with Crippen molar-refractivity contribution in [1.82, 2.24) is 10.3 Å². The number of pyridine rings is 1. The maximum atomic E-state index is 5.77. The van der Waals surface area contributed by atoms with Crippen LogP contribution in [0, 0.1) is 0 Å². The molecule has 1 atom stereocenters. The summed E-state index contributed by atoms with van der Waals surface area (Å²) in [6, 6.07) is 12.4. The van der Waals surface area contributed by atoms with Gasteiger partial charge in [0.15, 0.2) is 0 Å². The number of benzene rings is 1. The number of anilines is 1. The highest BCUT2D eigenvalue weighted by Crippen LogP contribution is 2.23. The third-order valence-corrected chi connectivity index (χ3v) is 3.42. The summed E-state index contributed by atoms with van der Waals surface area (Å²) < 4.78 is 5.32. The molecule has 1 heterocycles. The zero-order valence-corrected chi connectivity index (χ0v) is 12.7. The number of methoxy groups -OCH3 is 1. The Labute approximate surface area is 126 Å². The SMILES string of the molecule is CCCNC(Cc1ccnc(N)c1)c1cccc(OC)c1. The number of nitrogens with two attached hydrogens (primary N) is 1. The Balaban J connectivity index is 2.20. The van der Waals surface area contributed by atoms with Crippen LogP contribution in [0.15, 0.2) is 42.6 Å². The third kappa shape index (κ3) is 4.46. The summed E-state index contributed by atoms with van der Waals surface area (Å²) in [4.78, 5) is 4.05. The van der Waals surface area contributed by atoms with Gasteiger partial charge in [-0.05, 0) is 54.8 Å². The summed E-state index contributed by atoms with van der Waals surface area (Å²) in [5.74, 6) is 1.44. The van der Waals surface area contributed by atoms with Gasteiger partial charge in [0.2, 0.25) is 0 Å². The fraction of sp³-hybridized carbons (Fsp3) is 0.353. The molecule has 1 unspecified atom stereocenters. The van der Waals surface area contributed by atoms with Crippen molar-refractivity contribution in [1.29, 1.82) is 0 Å². The molecule has 4 heteroatoms. The normalized spacial score (nSPS) is 12.1. The Morgan fingerprint density at radius 1 is 1.29 bits per heavy atom. The Kier molecular flexibility index (Phi) is 5.58. The van der Waals surface area contributed by atoms with E-state index in [9.17, 15) is 0 Å². The monoisotopic (exact) mass is 285 g/mol. The van der Waals surface area contributed by atoms with Crippen LogP contribution in [0.2, 0.25) is 0 Å². The van der Waals surface area contributed by atoms with E-state index in [2.05, 4.69) is 29.4 Å². The van der Waals surface area contributed by atoms with Crippen LogP contribution < -0.4 is 15.8 Å². The quantitative estimate of drug-likeness (QED) is 0.821. The second-order valence-corrected chi connectivity index (χ2v) is 5.08. The first-order chi connectivity index (χ1) is 10.2. The van der Waals surface area contributed by atoms with E-state index in [1.807, 2.05) is 24.3 Å². The molecule has 3 N–H and O–H groups in total. The molecule has 2 aromatic rings. The average molecular weight is 285 g/mol. The van der Waals surface area contributed by atoms with Crippen molar-refractivity contribution < 1.29 is 4.74 Å². The van der Waals surface area contributed by atoms with Crippen LogP contribution in [0.3, 0.4) is 0 Å². The highest BCUT2D eigenvalue weighted by molar-refractivity contribution is 5.35. The van der Waals surface area contributed by atoms with Crippen LogP contribution >= 0.6 is 0 Å². The first-order valence-corrected chi connectivity index (χ1v) is 7.30. The van der Waals surface area contributed by atoms with Crippen molar-refractivity contribution in [3.8, 4) is 5.75 Å². The molecule has 0 bridgehead atoms. The van der Waals surface area contributed by atoms with Gasteiger partial charge in [0, 0.05) is 12.2 Å². The number of aromatic nitrogens is 1. The number of hydrogen-bond donors (Lipinski definition) is 2. The van der Waals surface area contributed by atoms with Gasteiger partial charge in [-0.2, -0.15) is 0 Å². The number of nitrogens with zero attached hydrogens (tertiary/aromatic N) is 1. The van der Waals surface area contributed by atoms with E-state index < -0.39 is 0 Å². The van der Waals surface area contributed by atoms with Gasteiger partial charge in [-0.15, -0.1) is 0 Å². The van der Waals surface area contributed by atoms with E-state index in [0.717, 1.165) is 25.1 Å². The highest BCUT2D eigenvalue weighted by atomic mass is 16.5. The predicted octanol–water partition coefficient (Wildman–Crippen LogP) is 2.96. The van der Waals surface area contributed by atoms with Crippen molar-refractivity contribution in [2.24, 2.45) is 0 Å². The van der Waals surface area contributed by atoms with Gasteiger partial charge in [0.1, 0.15) is 11.6 Å². The zero-order chi connectivity index (χ0) is 15.1. The van der Waals surface area contributed by atoms with Gasteiger partial charge in [0.25, 0.3) is 0 Å². The zero-order valence-electron chi connectivity index (χ0n) is 12.7. The fourth-order valence-electron chi connectivity index (χ4n) is 2.34. The molecule has 0 aliphatic rings. The van der Waals surface area contributed by atoms with Crippen LogP contribution in [0.5, 0.6) is 5.75 Å². The van der Waals surface area contributed by atoms with Crippen molar-refractivity contribution in [3.63, 3.8) is 0 Å². The molecule has 1 aromatic carbocycles. The maximum absolute atomic E-state index is 5.77. The topological polar surface area (TPSA) is 60.2 Å². The van der Waals surface area contributed by atoms with E-state index in [4.69, 9.17) is 10.5 Å². The van der Waals surface area contributed by atoms with E-state index in [1.165, 1.54) is 11.1 Å². The Bertz CT molecular complexity index is 571. The van der Waals surface area contributed by atoms with Crippen molar-refractivity contribution in [2.45, 2.75) is 25.8 Å². The van der Waals surface area contributed by atoms with Gasteiger partial charge in [-0.25, -0.2) is 4.98 Å². The smallest absolute Gasteiger partial charge is 0.123 e. The maximum Gasteiger partial charge on any atom is 0.123 e. The molecule has 21 heavy (non-hydrogen) atoms. The second kappa shape index (κ2) is 7.64. The Hall–Kier alpha value is -2.07. The first-order valence-electron chi connectivity index (χ1n) is 7.30. The average Bonchev–Trinajstić information content (AvgIpc) is 2.51. The summed E-state index contributed by atoms with van der Waals surface area (Å²) in [5.41, 5.74) is 8.17. The minimum absolute atomic E-state index is 0.238. The van der Waals surface area contributed by atoms with Gasteiger partial charge in [0.05, 0.1) is 7.11 Å². The molecule has 0 aliphatic carbocycles. The van der Waals surface area contributed by atoms with Crippen LogP contribution in [0.4, 0.5) is 5.82 Å². The van der Waals surface area contributed by atoms with Crippen molar-refractivity contribution in [2.75, 3.05) is 19.4 Å². The third-order valence-electron chi connectivity index (χ3n) is 3.42. The molecule has 2 rings (SSSR count). The molecule has 0 amide bonds. The van der Waals surface area contributed by atoms with E-state index in [1.54, 1.807) is 13.3 Å². The van der Waals surface area contributed by atoms with Crippen LogP contribution in [0.25, 0.3) is 0 Å². The molecule has 0 saturated carbocycles. The second-order valence-electron chi connectivity index (χ2n) is 5.08. The minimum atomic E-state index is 0.238. The number of rotatable bonds is 7. The number of nitrogens with one attached hydrogen (secondary N) is 1. The number of ether oxygens (including phenoxy) is 1. The molecule has 112 valence electrons. The van der Waals surface area contributed by atoms with E-state index in [-0.39, 0.29) is 6.04 Å². The number of nitrogen functional groups attached to an aromatic ring is 1. The molecule has 0 radical (unpaired) electrons. The fourth-order valence-corrected chi connectivity index (χ4v) is 2.34. The first kappa shape index (κ1) is 15.3. The Morgan fingerprint density at radius 2 is 2.14 bits per heavy atom. The summed E-state index contributed by atoms with van der Waals surface area (Å²) in [6.07, 6.45) is 3.73. The molecule has 0 fully saturated rings. The molecule has 0 spiro atoms. The van der Waals surface area contributed by atoms with Crippen LogP contribution in [-0.4, -0.2) is 18.6 Å². The summed E-state index contributed by atoms with van der Waals surface area (Å²) in [7, 11) is 1.69. The molecular weight excluding hydrogens is 262 g/mol. The molecular formula is C17H23N3O. The highest BCUT2D eigenvalue weighted by Gasteiger charge is 2.12. The molecule has 4 nitrogen and oxygen atoms in total. The number of hydrogen-bond acceptors (Lipinski definition) is 4. The van der Waals surface area contributed by atoms with Gasteiger partial charge >= 0.3 is 0 Å². The lowest BCUT2D eigenvalue weighted by molar-refractivity contribution is 0.412. The minimum Gasteiger partial charge on any atom is -0.497 e. The van der Waals surface area contributed by atoms with Crippen LogP contribution in [-0.2, 0) is 6.42 Å². The molecule has 0 saturated heterocycles. The predicted molar refractivity (Wildman–Crippen MR) is 86.4 cm³/mol. The van der Waals surface area contributed by atoms with E-state index >= 15 is 0 Å². The largest absolute Gasteiger partial charge is 0.497 e. The van der Waals surface area contributed by atoms with Gasteiger partial charge in [-0.1, -0.05) is 19.1 Å².